The third kappa shape index (κ3) is 2.18. The SMILES string of the molecule is Cn1c(CC2CCSCC2)nc2cccnc21. The number of aromatic nitrogens is 3. The van der Waals surface area contributed by atoms with Crippen molar-refractivity contribution in [3.8, 4) is 0 Å². The van der Waals surface area contributed by atoms with Crippen LogP contribution in [0.4, 0.5) is 0 Å². The lowest BCUT2D eigenvalue weighted by molar-refractivity contribution is 0.471. The van der Waals surface area contributed by atoms with Crippen molar-refractivity contribution >= 4 is 22.9 Å². The zero-order valence-corrected chi connectivity index (χ0v) is 10.9. The summed E-state index contributed by atoms with van der Waals surface area (Å²) < 4.78 is 2.15. The summed E-state index contributed by atoms with van der Waals surface area (Å²) in [6, 6.07) is 4.00. The molecule has 1 aliphatic rings. The maximum Gasteiger partial charge on any atom is 0.159 e. The average molecular weight is 247 g/mol. The van der Waals surface area contributed by atoms with E-state index in [1.165, 1.54) is 30.2 Å². The fourth-order valence-electron chi connectivity index (χ4n) is 2.46. The van der Waals surface area contributed by atoms with Gasteiger partial charge >= 0.3 is 0 Å². The normalized spacial score (nSPS) is 17.7. The van der Waals surface area contributed by atoms with Gasteiger partial charge in [-0.15, -0.1) is 0 Å². The summed E-state index contributed by atoms with van der Waals surface area (Å²) in [4.78, 5) is 9.09. The van der Waals surface area contributed by atoms with Crippen LogP contribution in [0.25, 0.3) is 11.2 Å². The Morgan fingerprint density at radius 2 is 2.24 bits per heavy atom. The Kier molecular flexibility index (Phi) is 3.05. The molecule has 0 atom stereocenters. The molecule has 0 radical (unpaired) electrons. The van der Waals surface area contributed by atoms with Crippen molar-refractivity contribution in [2.45, 2.75) is 19.3 Å². The minimum atomic E-state index is 0.812. The smallest absolute Gasteiger partial charge is 0.159 e. The van der Waals surface area contributed by atoms with Crippen LogP contribution in [0.3, 0.4) is 0 Å². The summed E-state index contributed by atoms with van der Waals surface area (Å²) in [6.45, 7) is 0. The minimum Gasteiger partial charge on any atom is -0.316 e. The number of hydrogen-bond donors (Lipinski definition) is 0. The predicted molar refractivity (Wildman–Crippen MR) is 72.3 cm³/mol. The summed E-state index contributed by atoms with van der Waals surface area (Å²) in [6.07, 6.45) is 5.61. The third-order valence-corrected chi connectivity index (χ3v) is 4.58. The monoisotopic (exact) mass is 247 g/mol. The molecule has 1 saturated heterocycles. The molecule has 0 aliphatic carbocycles. The second kappa shape index (κ2) is 4.69. The topological polar surface area (TPSA) is 30.7 Å². The van der Waals surface area contributed by atoms with Gasteiger partial charge in [-0.05, 0) is 42.4 Å². The van der Waals surface area contributed by atoms with E-state index in [1.54, 1.807) is 0 Å². The van der Waals surface area contributed by atoms with Gasteiger partial charge in [0.1, 0.15) is 11.3 Å². The molecule has 3 nitrogen and oxygen atoms in total. The summed E-state index contributed by atoms with van der Waals surface area (Å²) >= 11 is 2.08. The Morgan fingerprint density at radius 1 is 1.41 bits per heavy atom. The van der Waals surface area contributed by atoms with Gasteiger partial charge in [0.2, 0.25) is 0 Å². The van der Waals surface area contributed by atoms with E-state index in [-0.39, 0.29) is 0 Å². The lowest BCUT2D eigenvalue weighted by Crippen LogP contribution is -2.14. The fourth-order valence-corrected chi connectivity index (χ4v) is 3.67. The maximum absolute atomic E-state index is 4.70. The van der Waals surface area contributed by atoms with E-state index in [4.69, 9.17) is 4.98 Å². The molecule has 1 fully saturated rings. The van der Waals surface area contributed by atoms with Gasteiger partial charge in [-0.25, -0.2) is 9.97 Å². The first kappa shape index (κ1) is 11.1. The predicted octanol–water partition coefficient (Wildman–Crippen LogP) is 2.65. The van der Waals surface area contributed by atoms with Gasteiger partial charge in [-0.1, -0.05) is 0 Å². The lowest BCUT2D eigenvalue weighted by atomic mass is 9.98. The van der Waals surface area contributed by atoms with Crippen molar-refractivity contribution in [2.24, 2.45) is 13.0 Å². The van der Waals surface area contributed by atoms with Gasteiger partial charge in [0.05, 0.1) is 0 Å². The molecule has 0 bridgehead atoms. The zero-order chi connectivity index (χ0) is 11.7. The van der Waals surface area contributed by atoms with E-state index in [0.717, 1.165) is 23.5 Å². The van der Waals surface area contributed by atoms with Crippen molar-refractivity contribution in [1.82, 2.24) is 14.5 Å². The molecule has 17 heavy (non-hydrogen) atoms. The van der Waals surface area contributed by atoms with Gasteiger partial charge in [0.15, 0.2) is 5.65 Å². The van der Waals surface area contributed by atoms with Gasteiger partial charge in [0, 0.05) is 19.7 Å². The number of nitrogens with zero attached hydrogens (tertiary/aromatic N) is 3. The number of pyridine rings is 1. The maximum atomic E-state index is 4.70. The zero-order valence-electron chi connectivity index (χ0n) is 10.1. The lowest BCUT2D eigenvalue weighted by Gasteiger charge is -2.20. The summed E-state index contributed by atoms with van der Waals surface area (Å²) in [5.41, 5.74) is 2.03. The molecule has 2 aromatic heterocycles. The molecule has 3 heterocycles. The van der Waals surface area contributed by atoms with Gasteiger partial charge in [-0.2, -0.15) is 11.8 Å². The second-order valence-electron chi connectivity index (χ2n) is 4.69. The van der Waals surface area contributed by atoms with Crippen LogP contribution in [0.5, 0.6) is 0 Å². The van der Waals surface area contributed by atoms with Crippen molar-refractivity contribution in [3.05, 3.63) is 24.2 Å². The van der Waals surface area contributed by atoms with Crippen molar-refractivity contribution < 1.29 is 0 Å². The number of fused-ring (bicyclic) bond motifs is 1. The van der Waals surface area contributed by atoms with Crippen LogP contribution < -0.4 is 0 Å². The molecule has 0 amide bonds. The Hall–Kier alpha value is -1.03. The molecule has 90 valence electrons. The molecule has 4 heteroatoms. The van der Waals surface area contributed by atoms with E-state index in [1.807, 2.05) is 18.3 Å². The Labute approximate surface area is 106 Å². The highest BCUT2D eigenvalue weighted by atomic mass is 32.2. The number of aryl methyl sites for hydroxylation is 1. The molecular formula is C13H17N3S. The van der Waals surface area contributed by atoms with Crippen LogP contribution in [-0.2, 0) is 13.5 Å². The summed E-state index contributed by atoms with van der Waals surface area (Å²) in [5.74, 6) is 4.63. The van der Waals surface area contributed by atoms with Gasteiger partial charge < -0.3 is 4.57 Å². The highest BCUT2D eigenvalue weighted by molar-refractivity contribution is 7.99. The molecule has 0 unspecified atom stereocenters. The van der Waals surface area contributed by atoms with Crippen molar-refractivity contribution in [3.63, 3.8) is 0 Å². The fraction of sp³-hybridized carbons (Fsp3) is 0.538. The van der Waals surface area contributed by atoms with Crippen LogP contribution in [-0.4, -0.2) is 26.0 Å². The second-order valence-corrected chi connectivity index (χ2v) is 5.92. The van der Waals surface area contributed by atoms with Gasteiger partial charge in [-0.3, -0.25) is 0 Å². The van der Waals surface area contributed by atoms with E-state index in [9.17, 15) is 0 Å². The summed E-state index contributed by atoms with van der Waals surface area (Å²) in [7, 11) is 2.08. The van der Waals surface area contributed by atoms with Crippen LogP contribution in [0.15, 0.2) is 18.3 Å². The number of rotatable bonds is 2. The molecule has 0 aromatic carbocycles. The first-order valence-electron chi connectivity index (χ1n) is 6.18. The number of hydrogen-bond acceptors (Lipinski definition) is 3. The molecule has 3 rings (SSSR count). The molecule has 2 aromatic rings. The third-order valence-electron chi connectivity index (χ3n) is 3.53. The highest BCUT2D eigenvalue weighted by Crippen LogP contribution is 2.26. The van der Waals surface area contributed by atoms with E-state index in [2.05, 4.69) is 28.4 Å². The molecule has 0 saturated carbocycles. The molecule has 1 aliphatic heterocycles. The first-order valence-corrected chi connectivity index (χ1v) is 7.34. The average Bonchev–Trinajstić information content (AvgIpc) is 2.68. The molecule has 0 N–H and O–H groups in total. The number of thioether (sulfide) groups is 1. The van der Waals surface area contributed by atoms with Crippen molar-refractivity contribution in [1.29, 1.82) is 0 Å². The Bertz CT molecular complexity index is 514. The highest BCUT2D eigenvalue weighted by Gasteiger charge is 2.17. The molecule has 0 spiro atoms. The van der Waals surface area contributed by atoms with E-state index < -0.39 is 0 Å². The summed E-state index contributed by atoms with van der Waals surface area (Å²) in [5, 5.41) is 0. The Balaban J connectivity index is 1.87. The first-order chi connectivity index (χ1) is 8.34. The largest absolute Gasteiger partial charge is 0.316 e. The van der Waals surface area contributed by atoms with E-state index >= 15 is 0 Å². The van der Waals surface area contributed by atoms with Crippen LogP contribution in [0, 0.1) is 5.92 Å². The standard InChI is InChI=1S/C13H17N3S/c1-16-12(9-10-4-7-17-8-5-10)15-11-3-2-6-14-13(11)16/h2-3,6,10H,4-5,7-9H2,1H3. The van der Waals surface area contributed by atoms with Crippen LogP contribution >= 0.6 is 11.8 Å². The van der Waals surface area contributed by atoms with Crippen molar-refractivity contribution in [2.75, 3.05) is 11.5 Å². The van der Waals surface area contributed by atoms with E-state index in [0.29, 0.717) is 0 Å². The quantitative estimate of drug-likeness (QED) is 0.817. The number of imidazole rings is 1. The minimum absolute atomic E-state index is 0.812. The van der Waals surface area contributed by atoms with Crippen LogP contribution in [0.1, 0.15) is 18.7 Å². The van der Waals surface area contributed by atoms with Crippen LogP contribution in [0.2, 0.25) is 0 Å². The van der Waals surface area contributed by atoms with Gasteiger partial charge in [0.25, 0.3) is 0 Å². The Morgan fingerprint density at radius 3 is 3.00 bits per heavy atom. The molecular weight excluding hydrogens is 230 g/mol.